The molecule has 1 N–H and O–H groups in total. The number of sulfonamides is 1. The molecule has 0 saturated heterocycles. The van der Waals surface area contributed by atoms with Gasteiger partial charge in [0.25, 0.3) is 10.0 Å². The van der Waals surface area contributed by atoms with Gasteiger partial charge in [-0.3, -0.25) is 4.72 Å². The fraction of sp³-hybridized carbons (Fsp3) is 0.357. The van der Waals surface area contributed by atoms with E-state index in [9.17, 15) is 8.42 Å². The highest BCUT2D eigenvalue weighted by atomic mass is 79.9. The van der Waals surface area contributed by atoms with E-state index in [0.29, 0.717) is 29.0 Å². The molecule has 0 saturated carbocycles. The third-order valence-electron chi connectivity index (χ3n) is 3.18. The van der Waals surface area contributed by atoms with E-state index >= 15 is 0 Å². The molecule has 22 heavy (non-hydrogen) atoms. The highest BCUT2D eigenvalue weighted by Gasteiger charge is 2.22. The van der Waals surface area contributed by atoms with Crippen molar-refractivity contribution in [3.63, 3.8) is 0 Å². The number of anilines is 1. The number of benzene rings is 1. The molecule has 0 radical (unpaired) electrons. The highest BCUT2D eigenvalue weighted by molar-refractivity contribution is 9.10. The van der Waals surface area contributed by atoms with Gasteiger partial charge in [0.05, 0.1) is 6.61 Å². The first-order valence-electron chi connectivity index (χ1n) is 6.67. The van der Waals surface area contributed by atoms with E-state index < -0.39 is 10.0 Å². The van der Waals surface area contributed by atoms with E-state index in [-0.39, 0.29) is 10.7 Å². The Labute approximate surface area is 138 Å². The fourth-order valence-corrected chi connectivity index (χ4v) is 3.98. The van der Waals surface area contributed by atoms with Crippen molar-refractivity contribution in [3.8, 4) is 0 Å². The van der Waals surface area contributed by atoms with E-state index in [1.165, 1.54) is 6.07 Å². The molecular weight excluding hydrogens is 372 g/mol. The maximum Gasteiger partial charge on any atom is 0.264 e. The molecule has 0 aliphatic rings. The van der Waals surface area contributed by atoms with Gasteiger partial charge in [-0.2, -0.15) is 0 Å². The van der Waals surface area contributed by atoms with E-state index in [1.807, 2.05) is 13.0 Å². The number of aromatic nitrogens is 1. The van der Waals surface area contributed by atoms with Crippen molar-refractivity contribution >= 4 is 31.8 Å². The van der Waals surface area contributed by atoms with Crippen LogP contribution in [0, 0.1) is 13.8 Å². The first kappa shape index (κ1) is 17.0. The summed E-state index contributed by atoms with van der Waals surface area (Å²) in [6, 6.07) is 5.00. The summed E-state index contributed by atoms with van der Waals surface area (Å²) in [5, 5.41) is 3.72. The van der Waals surface area contributed by atoms with Crippen molar-refractivity contribution in [1.82, 2.24) is 5.16 Å². The molecule has 0 aliphatic carbocycles. The Morgan fingerprint density at radius 3 is 2.68 bits per heavy atom. The van der Waals surface area contributed by atoms with Crippen molar-refractivity contribution in [2.24, 2.45) is 0 Å². The summed E-state index contributed by atoms with van der Waals surface area (Å²) in [5.41, 5.74) is 1.42. The minimum absolute atomic E-state index is 0.129. The zero-order valence-electron chi connectivity index (χ0n) is 12.5. The summed E-state index contributed by atoms with van der Waals surface area (Å²) < 4.78 is 38.3. The van der Waals surface area contributed by atoms with Crippen molar-refractivity contribution in [3.05, 3.63) is 39.6 Å². The largest absolute Gasteiger partial charge is 0.377 e. The van der Waals surface area contributed by atoms with Crippen LogP contribution >= 0.6 is 15.9 Å². The van der Waals surface area contributed by atoms with Gasteiger partial charge in [0.15, 0.2) is 5.82 Å². The smallest absolute Gasteiger partial charge is 0.264 e. The maximum absolute atomic E-state index is 12.5. The van der Waals surface area contributed by atoms with Crippen LogP contribution in [0.15, 0.2) is 32.1 Å². The number of halogens is 1. The van der Waals surface area contributed by atoms with Gasteiger partial charge in [0.1, 0.15) is 10.7 Å². The molecule has 8 heteroatoms. The molecule has 1 aromatic carbocycles. The van der Waals surface area contributed by atoms with Gasteiger partial charge in [0, 0.05) is 16.6 Å². The van der Waals surface area contributed by atoms with Crippen LogP contribution in [0.4, 0.5) is 5.82 Å². The summed E-state index contributed by atoms with van der Waals surface area (Å²) in [6.07, 6.45) is 0. The maximum atomic E-state index is 12.5. The van der Waals surface area contributed by atoms with Crippen LogP contribution in [0.2, 0.25) is 0 Å². The number of ether oxygens (including phenoxy) is 1. The number of nitrogens with zero attached hydrogens (tertiary/aromatic N) is 1. The Balaban J connectivity index is 2.35. The van der Waals surface area contributed by atoms with Crippen LogP contribution in [0.25, 0.3) is 0 Å². The van der Waals surface area contributed by atoms with Crippen molar-refractivity contribution in [2.75, 3.05) is 11.3 Å². The molecule has 0 aliphatic heterocycles. The van der Waals surface area contributed by atoms with E-state index in [2.05, 4.69) is 25.8 Å². The second-order valence-corrected chi connectivity index (χ2v) is 7.13. The number of hydrogen-bond donors (Lipinski definition) is 1. The molecule has 0 bridgehead atoms. The second-order valence-electron chi connectivity index (χ2n) is 4.68. The number of nitrogens with one attached hydrogen (secondary N) is 1. The third-order valence-corrected chi connectivity index (χ3v) is 5.76. The minimum atomic E-state index is -3.78. The highest BCUT2D eigenvalue weighted by Crippen LogP contribution is 2.29. The lowest BCUT2D eigenvalue weighted by Crippen LogP contribution is -2.15. The zero-order chi connectivity index (χ0) is 16.3. The Kier molecular flexibility index (Phi) is 5.25. The summed E-state index contributed by atoms with van der Waals surface area (Å²) in [6.45, 7) is 6.23. The molecule has 0 amide bonds. The van der Waals surface area contributed by atoms with Gasteiger partial charge in [0.2, 0.25) is 0 Å². The van der Waals surface area contributed by atoms with Crippen molar-refractivity contribution in [1.29, 1.82) is 0 Å². The summed E-state index contributed by atoms with van der Waals surface area (Å²) in [5.74, 6) is 0.765. The fourth-order valence-electron chi connectivity index (χ4n) is 1.78. The minimum Gasteiger partial charge on any atom is -0.377 e. The quantitative estimate of drug-likeness (QED) is 0.819. The Bertz CT molecular complexity index is 771. The summed E-state index contributed by atoms with van der Waals surface area (Å²) in [7, 11) is -3.78. The Morgan fingerprint density at radius 2 is 2.09 bits per heavy atom. The second kappa shape index (κ2) is 6.80. The first-order chi connectivity index (χ1) is 10.4. The average Bonchev–Trinajstić information content (AvgIpc) is 2.77. The molecule has 0 unspecified atom stereocenters. The molecule has 0 fully saturated rings. The van der Waals surface area contributed by atoms with Crippen LogP contribution in [-0.2, 0) is 21.4 Å². The van der Waals surface area contributed by atoms with Crippen LogP contribution in [0.1, 0.15) is 23.8 Å². The topological polar surface area (TPSA) is 81.4 Å². The van der Waals surface area contributed by atoms with E-state index in [4.69, 9.17) is 9.26 Å². The van der Waals surface area contributed by atoms with E-state index in [0.717, 1.165) is 5.56 Å². The lowest BCUT2D eigenvalue weighted by Gasteiger charge is -2.11. The molecule has 1 aromatic heterocycles. The molecule has 6 nitrogen and oxygen atoms in total. The summed E-state index contributed by atoms with van der Waals surface area (Å²) in [4.78, 5) is 0.129. The van der Waals surface area contributed by atoms with Gasteiger partial charge >= 0.3 is 0 Å². The van der Waals surface area contributed by atoms with Gasteiger partial charge in [-0.05, 0) is 48.3 Å². The molecule has 2 aromatic rings. The number of aryl methyl sites for hydroxylation is 1. The third kappa shape index (κ3) is 3.50. The van der Waals surface area contributed by atoms with Gasteiger partial charge in [-0.15, -0.1) is 0 Å². The van der Waals surface area contributed by atoms with Crippen molar-refractivity contribution < 1.29 is 17.7 Å². The molecule has 0 spiro atoms. The molecule has 1 heterocycles. The number of hydrogen-bond acceptors (Lipinski definition) is 5. The monoisotopic (exact) mass is 388 g/mol. The Hall–Kier alpha value is -1.38. The normalized spacial score (nSPS) is 11.6. The lowest BCUT2D eigenvalue weighted by atomic mass is 10.2. The molecule has 2 rings (SSSR count). The van der Waals surface area contributed by atoms with Crippen LogP contribution < -0.4 is 4.72 Å². The molecule has 0 atom stereocenters. The van der Waals surface area contributed by atoms with Gasteiger partial charge in [-0.25, -0.2) is 8.42 Å². The van der Waals surface area contributed by atoms with Gasteiger partial charge in [-0.1, -0.05) is 17.3 Å². The molecule has 120 valence electrons. The summed E-state index contributed by atoms with van der Waals surface area (Å²) >= 11 is 3.34. The number of rotatable bonds is 6. The van der Waals surface area contributed by atoms with Gasteiger partial charge < -0.3 is 9.26 Å². The zero-order valence-corrected chi connectivity index (χ0v) is 14.9. The SMILES string of the molecule is CCOCc1cccc(S(=O)(=O)Nc2noc(C)c2C)c1Br. The predicted octanol–water partition coefficient (Wildman–Crippen LogP) is 3.39. The average molecular weight is 389 g/mol. The van der Waals surface area contributed by atoms with Crippen molar-refractivity contribution in [2.45, 2.75) is 32.3 Å². The molecular formula is C14H17BrN2O4S. The predicted molar refractivity (Wildman–Crippen MR) is 86.3 cm³/mol. The Morgan fingerprint density at radius 1 is 1.36 bits per heavy atom. The van der Waals surface area contributed by atoms with E-state index in [1.54, 1.807) is 19.9 Å². The van der Waals surface area contributed by atoms with Crippen LogP contribution in [0.3, 0.4) is 0 Å². The lowest BCUT2D eigenvalue weighted by molar-refractivity contribution is 0.133. The first-order valence-corrected chi connectivity index (χ1v) is 8.95. The van der Waals surface area contributed by atoms with Crippen LogP contribution in [-0.4, -0.2) is 20.2 Å². The standard InChI is InChI=1S/C14H17BrN2O4S/c1-4-20-8-11-6-5-7-12(13(11)15)22(18,19)17-14-9(2)10(3)21-16-14/h5-7H,4,8H2,1-3H3,(H,16,17). The van der Waals surface area contributed by atoms with Crippen LogP contribution in [0.5, 0.6) is 0 Å².